The van der Waals surface area contributed by atoms with Crippen LogP contribution >= 0.6 is 11.8 Å². The zero-order valence-electron chi connectivity index (χ0n) is 11.9. The summed E-state index contributed by atoms with van der Waals surface area (Å²) in [6.45, 7) is 3.75. The average molecular weight is 324 g/mol. The number of rotatable bonds is 2. The Kier molecular flexibility index (Phi) is 3.71. The van der Waals surface area contributed by atoms with Gasteiger partial charge in [0.1, 0.15) is 5.69 Å². The van der Waals surface area contributed by atoms with E-state index in [0.29, 0.717) is 18.0 Å². The molecular formula is C14H16N2O3S2. The highest BCUT2D eigenvalue weighted by atomic mass is 32.2. The van der Waals surface area contributed by atoms with Gasteiger partial charge in [-0.05, 0) is 38.2 Å². The van der Waals surface area contributed by atoms with Gasteiger partial charge < -0.3 is 4.52 Å². The molecule has 2 aromatic rings. The zero-order chi connectivity index (χ0) is 15.0. The van der Waals surface area contributed by atoms with Gasteiger partial charge in [0.05, 0.1) is 5.69 Å². The highest BCUT2D eigenvalue weighted by Gasteiger charge is 2.33. The molecule has 0 spiro atoms. The molecule has 0 radical (unpaired) electrons. The maximum atomic E-state index is 13.0. The van der Waals surface area contributed by atoms with Crippen LogP contribution in [-0.2, 0) is 10.0 Å². The Hall–Kier alpha value is -1.47. The molecule has 1 aliphatic rings. The minimum absolute atomic E-state index is 0.184. The number of fused-ring (bicyclic) bond motifs is 1. The molecule has 1 aliphatic heterocycles. The molecule has 0 amide bonds. The Balaban J connectivity index is 2.16. The number of anilines is 1. The normalized spacial score (nSPS) is 15.6. The van der Waals surface area contributed by atoms with Gasteiger partial charge in [0.2, 0.25) is 0 Å². The second-order valence-corrected chi connectivity index (χ2v) is 7.84. The van der Waals surface area contributed by atoms with Gasteiger partial charge in [-0.25, -0.2) is 8.42 Å². The highest BCUT2D eigenvalue weighted by Crippen LogP contribution is 2.37. The quantitative estimate of drug-likeness (QED) is 0.850. The largest absolute Gasteiger partial charge is 0.360 e. The summed E-state index contributed by atoms with van der Waals surface area (Å²) >= 11 is 1.69. The van der Waals surface area contributed by atoms with Gasteiger partial charge in [0, 0.05) is 11.4 Å². The first kappa shape index (κ1) is 14.5. The van der Waals surface area contributed by atoms with Crippen LogP contribution < -0.4 is 4.31 Å². The summed E-state index contributed by atoms with van der Waals surface area (Å²) in [4.78, 5) is 1.18. The summed E-state index contributed by atoms with van der Waals surface area (Å²) in [7, 11) is -3.65. The van der Waals surface area contributed by atoms with Gasteiger partial charge in [-0.1, -0.05) is 17.3 Å². The van der Waals surface area contributed by atoms with E-state index in [-0.39, 0.29) is 4.90 Å². The lowest BCUT2D eigenvalue weighted by Crippen LogP contribution is -2.32. The molecule has 0 saturated carbocycles. The maximum absolute atomic E-state index is 13.0. The highest BCUT2D eigenvalue weighted by molar-refractivity contribution is 7.99. The van der Waals surface area contributed by atoms with Crippen molar-refractivity contribution in [2.45, 2.75) is 30.1 Å². The third kappa shape index (κ3) is 2.44. The van der Waals surface area contributed by atoms with E-state index in [1.807, 2.05) is 24.3 Å². The fourth-order valence-electron chi connectivity index (χ4n) is 2.50. The number of aromatic nitrogens is 1. The van der Waals surface area contributed by atoms with Crippen molar-refractivity contribution in [2.75, 3.05) is 16.6 Å². The standard InChI is InChI=1S/C14H16N2O3S2/c1-10-14(11(2)19-15-10)21(17,18)16-8-5-9-20-13-7-4-3-6-12(13)16/h3-4,6-7H,5,8-9H2,1-2H3. The Morgan fingerprint density at radius 3 is 2.76 bits per heavy atom. The number of nitrogens with zero attached hydrogens (tertiary/aromatic N) is 2. The predicted molar refractivity (Wildman–Crippen MR) is 82.3 cm³/mol. The van der Waals surface area contributed by atoms with Crippen molar-refractivity contribution >= 4 is 27.5 Å². The molecule has 7 heteroatoms. The molecule has 5 nitrogen and oxygen atoms in total. The van der Waals surface area contributed by atoms with E-state index >= 15 is 0 Å². The Bertz CT molecular complexity index is 749. The molecule has 0 atom stereocenters. The Labute approximate surface area is 128 Å². The third-order valence-corrected chi connectivity index (χ3v) is 6.62. The van der Waals surface area contributed by atoms with Crippen molar-refractivity contribution in [3.63, 3.8) is 0 Å². The van der Waals surface area contributed by atoms with E-state index in [0.717, 1.165) is 22.8 Å². The summed E-state index contributed by atoms with van der Waals surface area (Å²) in [5, 5.41) is 3.77. The summed E-state index contributed by atoms with van der Waals surface area (Å²) in [6, 6.07) is 7.60. The minimum atomic E-state index is -3.65. The van der Waals surface area contributed by atoms with Crippen LogP contribution in [0.25, 0.3) is 0 Å². The molecule has 0 fully saturated rings. The third-order valence-electron chi connectivity index (χ3n) is 3.41. The monoisotopic (exact) mass is 324 g/mol. The lowest BCUT2D eigenvalue weighted by Gasteiger charge is -2.23. The van der Waals surface area contributed by atoms with Crippen LogP contribution in [0.15, 0.2) is 38.6 Å². The van der Waals surface area contributed by atoms with Crippen LogP contribution in [0.2, 0.25) is 0 Å². The van der Waals surface area contributed by atoms with E-state index < -0.39 is 10.0 Å². The van der Waals surface area contributed by atoms with Crippen molar-refractivity contribution in [3.8, 4) is 0 Å². The van der Waals surface area contributed by atoms with Gasteiger partial charge >= 0.3 is 0 Å². The maximum Gasteiger partial charge on any atom is 0.269 e. The number of thioether (sulfide) groups is 1. The predicted octanol–water partition coefficient (Wildman–Crippen LogP) is 2.98. The van der Waals surface area contributed by atoms with Crippen LogP contribution in [0, 0.1) is 13.8 Å². The molecule has 21 heavy (non-hydrogen) atoms. The van der Waals surface area contributed by atoms with Crippen LogP contribution in [0.3, 0.4) is 0 Å². The first-order chi connectivity index (χ1) is 10.0. The number of hydrogen-bond acceptors (Lipinski definition) is 5. The van der Waals surface area contributed by atoms with Crippen molar-refractivity contribution in [1.82, 2.24) is 5.16 Å². The van der Waals surface area contributed by atoms with Crippen molar-refractivity contribution < 1.29 is 12.9 Å². The minimum Gasteiger partial charge on any atom is -0.360 e. The summed E-state index contributed by atoms with van der Waals surface area (Å²) < 4.78 is 32.6. The molecule has 0 aliphatic carbocycles. The van der Waals surface area contributed by atoms with E-state index in [9.17, 15) is 8.42 Å². The first-order valence-corrected chi connectivity index (χ1v) is 9.12. The lowest BCUT2D eigenvalue weighted by atomic mass is 10.3. The van der Waals surface area contributed by atoms with Crippen LogP contribution in [0.4, 0.5) is 5.69 Å². The topological polar surface area (TPSA) is 63.4 Å². The molecule has 1 aromatic carbocycles. The summed E-state index contributed by atoms with van der Waals surface area (Å²) in [6.07, 6.45) is 0.807. The summed E-state index contributed by atoms with van der Waals surface area (Å²) in [5.74, 6) is 1.24. The summed E-state index contributed by atoms with van der Waals surface area (Å²) in [5.41, 5.74) is 1.14. The molecule has 2 heterocycles. The van der Waals surface area contributed by atoms with Crippen LogP contribution in [0.1, 0.15) is 17.9 Å². The molecular weight excluding hydrogens is 308 g/mol. The van der Waals surface area contributed by atoms with Gasteiger partial charge in [-0.2, -0.15) is 0 Å². The number of para-hydroxylation sites is 1. The smallest absolute Gasteiger partial charge is 0.269 e. The number of benzene rings is 1. The Morgan fingerprint density at radius 2 is 2.05 bits per heavy atom. The van der Waals surface area contributed by atoms with Crippen molar-refractivity contribution in [2.24, 2.45) is 0 Å². The van der Waals surface area contributed by atoms with E-state index in [1.54, 1.807) is 25.6 Å². The fourth-order valence-corrected chi connectivity index (χ4v) is 5.37. The van der Waals surface area contributed by atoms with Gasteiger partial charge in [-0.15, -0.1) is 11.8 Å². The average Bonchev–Trinajstić information content (AvgIpc) is 2.68. The number of sulfonamides is 1. The van der Waals surface area contributed by atoms with Gasteiger partial charge in [-0.3, -0.25) is 4.31 Å². The fraction of sp³-hybridized carbons (Fsp3) is 0.357. The van der Waals surface area contributed by atoms with Crippen LogP contribution in [0.5, 0.6) is 0 Å². The van der Waals surface area contributed by atoms with E-state index in [2.05, 4.69) is 5.16 Å². The SMILES string of the molecule is Cc1noc(C)c1S(=O)(=O)N1CCCSc2ccccc21. The molecule has 0 N–H and O–H groups in total. The number of hydrogen-bond donors (Lipinski definition) is 0. The van der Waals surface area contributed by atoms with E-state index in [1.165, 1.54) is 4.31 Å². The molecule has 0 saturated heterocycles. The number of aryl methyl sites for hydroxylation is 2. The second-order valence-electron chi connectivity index (χ2n) is 4.90. The van der Waals surface area contributed by atoms with Gasteiger partial charge in [0.25, 0.3) is 10.0 Å². The molecule has 112 valence electrons. The van der Waals surface area contributed by atoms with Crippen molar-refractivity contribution in [3.05, 3.63) is 35.7 Å². The lowest BCUT2D eigenvalue weighted by molar-refractivity contribution is 0.390. The van der Waals surface area contributed by atoms with Crippen LogP contribution in [-0.4, -0.2) is 25.9 Å². The molecule has 1 aromatic heterocycles. The first-order valence-electron chi connectivity index (χ1n) is 6.69. The van der Waals surface area contributed by atoms with Gasteiger partial charge in [0.15, 0.2) is 10.7 Å². The van der Waals surface area contributed by atoms with Crippen molar-refractivity contribution in [1.29, 1.82) is 0 Å². The Morgan fingerprint density at radius 1 is 1.29 bits per heavy atom. The van der Waals surface area contributed by atoms with E-state index in [4.69, 9.17) is 4.52 Å². The molecule has 3 rings (SSSR count). The zero-order valence-corrected chi connectivity index (χ0v) is 13.5. The molecule has 0 bridgehead atoms. The molecule has 0 unspecified atom stereocenters. The second kappa shape index (κ2) is 5.38.